The molecule has 2 aromatic rings. The zero-order chi connectivity index (χ0) is 13.0. The topological polar surface area (TPSA) is 62.2 Å². The van der Waals surface area contributed by atoms with Crippen molar-refractivity contribution >= 4 is 17.3 Å². The molecule has 0 radical (unpaired) electrons. The number of carboxylic acids is 1. The van der Waals surface area contributed by atoms with Crippen LogP contribution in [0.25, 0.3) is 0 Å². The van der Waals surface area contributed by atoms with Gasteiger partial charge in [-0.25, -0.2) is 4.79 Å². The van der Waals surface area contributed by atoms with Crippen molar-refractivity contribution in [1.82, 2.24) is 10.3 Å². The standard InChI is InChI=1S/C13H14N2O2S/c1-9-3-2-4-15-12(9)7-14-6-11-5-10(8-18-11)13(16)17/h2-5,8,14H,6-7H2,1H3,(H,16,17). The van der Waals surface area contributed by atoms with Gasteiger partial charge in [0, 0.05) is 29.5 Å². The second-order valence-corrected chi connectivity index (χ2v) is 4.97. The Labute approximate surface area is 109 Å². The SMILES string of the molecule is Cc1cccnc1CNCc1cc(C(=O)O)cs1. The number of aryl methyl sites for hydroxylation is 1. The van der Waals surface area contributed by atoms with E-state index in [2.05, 4.69) is 10.3 Å². The van der Waals surface area contributed by atoms with E-state index in [4.69, 9.17) is 5.11 Å². The van der Waals surface area contributed by atoms with Gasteiger partial charge in [0.2, 0.25) is 0 Å². The Kier molecular flexibility index (Phi) is 4.07. The molecule has 2 aromatic heterocycles. The average molecular weight is 262 g/mol. The fourth-order valence-corrected chi connectivity index (χ4v) is 2.42. The van der Waals surface area contributed by atoms with Crippen LogP contribution >= 0.6 is 11.3 Å². The maximum absolute atomic E-state index is 10.7. The van der Waals surface area contributed by atoms with Gasteiger partial charge in [0.1, 0.15) is 0 Å². The number of rotatable bonds is 5. The minimum Gasteiger partial charge on any atom is -0.478 e. The number of hydrogen-bond acceptors (Lipinski definition) is 4. The highest BCUT2D eigenvalue weighted by molar-refractivity contribution is 7.10. The van der Waals surface area contributed by atoms with Crippen molar-refractivity contribution in [1.29, 1.82) is 0 Å². The summed E-state index contributed by atoms with van der Waals surface area (Å²) >= 11 is 1.45. The quantitative estimate of drug-likeness (QED) is 0.868. The van der Waals surface area contributed by atoms with Crippen LogP contribution in [0.4, 0.5) is 0 Å². The molecular weight excluding hydrogens is 248 g/mol. The molecule has 0 amide bonds. The number of thiophene rings is 1. The summed E-state index contributed by atoms with van der Waals surface area (Å²) in [7, 11) is 0. The third kappa shape index (κ3) is 3.15. The number of aromatic nitrogens is 1. The number of carboxylic acid groups (broad SMARTS) is 1. The molecule has 5 heteroatoms. The normalized spacial score (nSPS) is 10.5. The number of aromatic carboxylic acids is 1. The van der Waals surface area contributed by atoms with E-state index in [-0.39, 0.29) is 0 Å². The van der Waals surface area contributed by atoms with Gasteiger partial charge in [-0.15, -0.1) is 11.3 Å². The first kappa shape index (κ1) is 12.7. The van der Waals surface area contributed by atoms with Crippen LogP contribution in [-0.2, 0) is 13.1 Å². The minimum atomic E-state index is -0.877. The van der Waals surface area contributed by atoms with Gasteiger partial charge in [-0.3, -0.25) is 4.98 Å². The minimum absolute atomic E-state index is 0.353. The summed E-state index contributed by atoms with van der Waals surface area (Å²) in [5.74, 6) is -0.877. The van der Waals surface area contributed by atoms with Crippen LogP contribution in [0, 0.1) is 6.92 Å². The Morgan fingerprint density at radius 2 is 2.33 bits per heavy atom. The molecule has 0 atom stereocenters. The molecule has 4 nitrogen and oxygen atoms in total. The molecule has 2 heterocycles. The van der Waals surface area contributed by atoms with Crippen LogP contribution in [0.3, 0.4) is 0 Å². The molecule has 0 aliphatic heterocycles. The van der Waals surface area contributed by atoms with Gasteiger partial charge in [0.15, 0.2) is 0 Å². The molecule has 0 saturated heterocycles. The average Bonchev–Trinajstić information content (AvgIpc) is 2.80. The predicted molar refractivity (Wildman–Crippen MR) is 70.8 cm³/mol. The maximum atomic E-state index is 10.7. The van der Waals surface area contributed by atoms with Gasteiger partial charge >= 0.3 is 5.97 Å². The molecule has 94 valence electrons. The van der Waals surface area contributed by atoms with E-state index >= 15 is 0 Å². The lowest BCUT2D eigenvalue weighted by atomic mass is 10.2. The summed E-state index contributed by atoms with van der Waals surface area (Å²) < 4.78 is 0. The van der Waals surface area contributed by atoms with Crippen LogP contribution in [0.2, 0.25) is 0 Å². The Balaban J connectivity index is 1.88. The molecule has 0 aliphatic carbocycles. The Morgan fingerprint density at radius 1 is 1.50 bits per heavy atom. The maximum Gasteiger partial charge on any atom is 0.336 e. The molecule has 0 unspecified atom stereocenters. The molecule has 2 N–H and O–H groups in total. The van der Waals surface area contributed by atoms with Crippen LogP contribution in [0.5, 0.6) is 0 Å². The fraction of sp³-hybridized carbons (Fsp3) is 0.231. The smallest absolute Gasteiger partial charge is 0.336 e. The van der Waals surface area contributed by atoms with E-state index in [0.29, 0.717) is 18.7 Å². The first-order valence-corrected chi connectivity index (χ1v) is 6.46. The van der Waals surface area contributed by atoms with Crippen molar-refractivity contribution in [2.45, 2.75) is 20.0 Å². The predicted octanol–water partition coefficient (Wildman–Crippen LogP) is 2.44. The molecule has 0 aliphatic rings. The number of pyridine rings is 1. The van der Waals surface area contributed by atoms with Gasteiger partial charge < -0.3 is 10.4 Å². The molecule has 2 rings (SSSR count). The molecule has 0 saturated carbocycles. The van der Waals surface area contributed by atoms with E-state index in [1.54, 1.807) is 17.6 Å². The van der Waals surface area contributed by atoms with Crippen molar-refractivity contribution in [2.24, 2.45) is 0 Å². The van der Waals surface area contributed by atoms with Crippen LogP contribution < -0.4 is 5.32 Å². The molecule has 0 fully saturated rings. The van der Waals surface area contributed by atoms with E-state index < -0.39 is 5.97 Å². The van der Waals surface area contributed by atoms with Gasteiger partial charge in [0.25, 0.3) is 0 Å². The molecular formula is C13H14N2O2S. The Bertz CT molecular complexity index is 551. The number of carbonyl (C=O) groups is 1. The Hall–Kier alpha value is -1.72. The molecule has 0 spiro atoms. The van der Waals surface area contributed by atoms with E-state index in [1.807, 2.05) is 19.1 Å². The highest BCUT2D eigenvalue weighted by atomic mass is 32.1. The summed E-state index contributed by atoms with van der Waals surface area (Å²) in [6.45, 7) is 3.37. The van der Waals surface area contributed by atoms with E-state index in [0.717, 1.165) is 16.1 Å². The Morgan fingerprint density at radius 3 is 3.00 bits per heavy atom. The van der Waals surface area contributed by atoms with Crippen LogP contribution in [0.15, 0.2) is 29.8 Å². The molecule has 0 bridgehead atoms. The van der Waals surface area contributed by atoms with Crippen molar-refractivity contribution in [3.63, 3.8) is 0 Å². The van der Waals surface area contributed by atoms with Gasteiger partial charge in [0.05, 0.1) is 11.3 Å². The third-order valence-electron chi connectivity index (χ3n) is 2.61. The second kappa shape index (κ2) is 5.75. The number of nitrogens with one attached hydrogen (secondary N) is 1. The van der Waals surface area contributed by atoms with Crippen molar-refractivity contribution in [3.05, 3.63) is 51.5 Å². The van der Waals surface area contributed by atoms with Gasteiger partial charge in [-0.2, -0.15) is 0 Å². The first-order chi connectivity index (χ1) is 8.66. The highest BCUT2D eigenvalue weighted by Gasteiger charge is 2.06. The lowest BCUT2D eigenvalue weighted by Gasteiger charge is -2.05. The largest absolute Gasteiger partial charge is 0.478 e. The van der Waals surface area contributed by atoms with Crippen LogP contribution in [0.1, 0.15) is 26.5 Å². The number of nitrogens with zero attached hydrogens (tertiary/aromatic N) is 1. The van der Waals surface area contributed by atoms with Crippen LogP contribution in [-0.4, -0.2) is 16.1 Å². The summed E-state index contributed by atoms with van der Waals surface area (Å²) in [6, 6.07) is 5.64. The summed E-state index contributed by atoms with van der Waals surface area (Å²) in [6.07, 6.45) is 1.78. The lowest BCUT2D eigenvalue weighted by Crippen LogP contribution is -2.13. The lowest BCUT2D eigenvalue weighted by molar-refractivity contribution is 0.0697. The van der Waals surface area contributed by atoms with Gasteiger partial charge in [-0.05, 0) is 24.6 Å². The van der Waals surface area contributed by atoms with Crippen molar-refractivity contribution in [3.8, 4) is 0 Å². The third-order valence-corrected chi connectivity index (χ3v) is 3.55. The van der Waals surface area contributed by atoms with Gasteiger partial charge in [-0.1, -0.05) is 6.07 Å². The first-order valence-electron chi connectivity index (χ1n) is 5.58. The van der Waals surface area contributed by atoms with Crippen molar-refractivity contribution in [2.75, 3.05) is 0 Å². The monoisotopic (exact) mass is 262 g/mol. The molecule has 18 heavy (non-hydrogen) atoms. The van der Waals surface area contributed by atoms with Crippen molar-refractivity contribution < 1.29 is 9.90 Å². The number of hydrogen-bond donors (Lipinski definition) is 2. The summed E-state index contributed by atoms with van der Waals surface area (Å²) in [4.78, 5) is 16.0. The summed E-state index contributed by atoms with van der Waals surface area (Å²) in [5.41, 5.74) is 2.53. The van der Waals surface area contributed by atoms with E-state index in [1.165, 1.54) is 11.3 Å². The fourth-order valence-electron chi connectivity index (χ4n) is 1.59. The van der Waals surface area contributed by atoms with E-state index in [9.17, 15) is 4.79 Å². The highest BCUT2D eigenvalue weighted by Crippen LogP contribution is 2.14. The zero-order valence-corrected chi connectivity index (χ0v) is 10.8. The molecule has 0 aromatic carbocycles. The summed E-state index contributed by atoms with van der Waals surface area (Å²) in [5, 5.41) is 13.7. The second-order valence-electron chi connectivity index (χ2n) is 3.98. The zero-order valence-electron chi connectivity index (χ0n) is 10.0.